The molecule has 1 aliphatic heterocycles. The number of imidazole rings is 1. The van der Waals surface area contributed by atoms with E-state index in [1.165, 1.54) is 0 Å². The number of aryl methyl sites for hydroxylation is 1. The third-order valence-corrected chi connectivity index (χ3v) is 5.49. The van der Waals surface area contributed by atoms with Crippen molar-refractivity contribution in [1.29, 1.82) is 0 Å². The van der Waals surface area contributed by atoms with Gasteiger partial charge in [-0.25, -0.2) is 4.98 Å². The van der Waals surface area contributed by atoms with E-state index in [1.807, 2.05) is 42.5 Å². The zero-order chi connectivity index (χ0) is 18.8. The summed E-state index contributed by atoms with van der Waals surface area (Å²) >= 11 is 0. The predicted octanol–water partition coefficient (Wildman–Crippen LogP) is 3.68. The van der Waals surface area contributed by atoms with Crippen LogP contribution in [0.25, 0.3) is 11.0 Å². The van der Waals surface area contributed by atoms with Gasteiger partial charge in [-0.15, -0.1) is 0 Å². The first-order valence-corrected chi connectivity index (χ1v) is 9.47. The van der Waals surface area contributed by atoms with E-state index in [9.17, 15) is 4.79 Å². The molecule has 3 aromatic rings. The molecule has 5 heteroatoms. The molecule has 1 aliphatic rings. The number of ketones is 1. The number of rotatable bonds is 5. The number of methoxy groups -OCH3 is 1. The van der Waals surface area contributed by atoms with Crippen LogP contribution in [0.1, 0.15) is 29.0 Å². The molecule has 140 valence electrons. The second-order valence-corrected chi connectivity index (χ2v) is 7.21. The van der Waals surface area contributed by atoms with Crippen molar-refractivity contribution in [2.75, 3.05) is 20.2 Å². The first-order valence-electron chi connectivity index (χ1n) is 9.47. The number of hydrogen-bond acceptors (Lipinski definition) is 4. The number of aromatic nitrogens is 2. The van der Waals surface area contributed by atoms with Crippen LogP contribution in [0.5, 0.6) is 5.75 Å². The standard InChI is InChI=1S/C22H25N3O2/c1-24-19-11-5-4-10-18(19)23-21(24)15-25-13-7-8-16(14-25)22(26)17-9-3-6-12-20(17)27-2/h3-6,9-12,16H,7-8,13-15H2,1-2H3. The highest BCUT2D eigenvalue weighted by atomic mass is 16.5. The van der Waals surface area contributed by atoms with Crippen LogP contribution < -0.4 is 4.74 Å². The monoisotopic (exact) mass is 363 g/mol. The number of Topliss-reactive ketones (excluding diaryl/α,β-unsaturated/α-hetero) is 1. The van der Waals surface area contributed by atoms with Crippen molar-refractivity contribution in [3.8, 4) is 5.75 Å². The summed E-state index contributed by atoms with van der Waals surface area (Å²) in [7, 11) is 3.68. The van der Waals surface area contributed by atoms with Gasteiger partial charge in [0.25, 0.3) is 0 Å². The van der Waals surface area contributed by atoms with E-state index < -0.39 is 0 Å². The average Bonchev–Trinajstić information content (AvgIpc) is 3.03. The van der Waals surface area contributed by atoms with Gasteiger partial charge < -0.3 is 9.30 Å². The molecule has 1 atom stereocenters. The lowest BCUT2D eigenvalue weighted by atomic mass is 9.89. The Kier molecular flexibility index (Phi) is 4.94. The molecule has 0 spiro atoms. The number of ether oxygens (including phenoxy) is 1. The van der Waals surface area contributed by atoms with E-state index in [0.29, 0.717) is 11.3 Å². The number of fused-ring (bicyclic) bond motifs is 1. The average molecular weight is 363 g/mol. The molecule has 2 aromatic carbocycles. The van der Waals surface area contributed by atoms with E-state index in [0.717, 1.165) is 49.3 Å². The third kappa shape index (κ3) is 3.47. The Balaban J connectivity index is 1.51. The maximum absolute atomic E-state index is 13.1. The fraction of sp³-hybridized carbons (Fsp3) is 0.364. The highest BCUT2D eigenvalue weighted by Gasteiger charge is 2.28. The summed E-state index contributed by atoms with van der Waals surface area (Å²) in [5.41, 5.74) is 2.86. The normalized spacial score (nSPS) is 17.9. The number of benzene rings is 2. The Morgan fingerprint density at radius 2 is 1.96 bits per heavy atom. The maximum atomic E-state index is 13.1. The number of para-hydroxylation sites is 3. The molecule has 0 N–H and O–H groups in total. The second kappa shape index (κ2) is 7.53. The molecule has 1 fully saturated rings. The molecule has 1 aromatic heterocycles. The summed E-state index contributed by atoms with van der Waals surface area (Å²) < 4.78 is 7.54. The molecular formula is C22H25N3O2. The fourth-order valence-electron chi connectivity index (χ4n) is 4.02. The summed E-state index contributed by atoms with van der Waals surface area (Å²) in [6.07, 6.45) is 1.95. The first kappa shape index (κ1) is 17.7. The van der Waals surface area contributed by atoms with Crippen molar-refractivity contribution in [3.05, 3.63) is 59.9 Å². The van der Waals surface area contributed by atoms with Crippen LogP contribution in [0.3, 0.4) is 0 Å². The van der Waals surface area contributed by atoms with Gasteiger partial charge in [0, 0.05) is 19.5 Å². The predicted molar refractivity (Wildman–Crippen MR) is 106 cm³/mol. The van der Waals surface area contributed by atoms with Crippen LogP contribution in [0.2, 0.25) is 0 Å². The van der Waals surface area contributed by atoms with Gasteiger partial charge in [0.15, 0.2) is 5.78 Å². The summed E-state index contributed by atoms with van der Waals surface area (Å²) in [4.78, 5) is 20.2. The zero-order valence-electron chi connectivity index (χ0n) is 15.9. The van der Waals surface area contributed by atoms with Crippen molar-refractivity contribution in [1.82, 2.24) is 14.5 Å². The Hall–Kier alpha value is -2.66. The summed E-state index contributed by atoms with van der Waals surface area (Å²) in [5, 5.41) is 0. The number of piperidine rings is 1. The van der Waals surface area contributed by atoms with Crippen LogP contribution in [0.15, 0.2) is 48.5 Å². The molecule has 0 aliphatic carbocycles. The summed E-state index contributed by atoms with van der Waals surface area (Å²) in [6, 6.07) is 15.7. The first-order chi connectivity index (χ1) is 13.2. The van der Waals surface area contributed by atoms with E-state index >= 15 is 0 Å². The van der Waals surface area contributed by atoms with Crippen molar-refractivity contribution in [2.45, 2.75) is 19.4 Å². The van der Waals surface area contributed by atoms with Crippen molar-refractivity contribution < 1.29 is 9.53 Å². The second-order valence-electron chi connectivity index (χ2n) is 7.21. The van der Waals surface area contributed by atoms with E-state index in [2.05, 4.69) is 22.6 Å². The molecule has 0 bridgehead atoms. The Morgan fingerprint density at radius 3 is 2.78 bits per heavy atom. The molecule has 4 rings (SSSR count). The van der Waals surface area contributed by atoms with Gasteiger partial charge >= 0.3 is 0 Å². The van der Waals surface area contributed by atoms with Crippen molar-refractivity contribution in [2.24, 2.45) is 13.0 Å². The van der Waals surface area contributed by atoms with Gasteiger partial charge in [0.1, 0.15) is 11.6 Å². The molecule has 1 saturated heterocycles. The Morgan fingerprint density at radius 1 is 1.19 bits per heavy atom. The molecule has 0 saturated carbocycles. The molecule has 2 heterocycles. The topological polar surface area (TPSA) is 47.4 Å². The van der Waals surface area contributed by atoms with Crippen molar-refractivity contribution in [3.63, 3.8) is 0 Å². The number of hydrogen-bond donors (Lipinski definition) is 0. The molecular weight excluding hydrogens is 338 g/mol. The number of carbonyl (C=O) groups is 1. The van der Waals surface area contributed by atoms with Gasteiger partial charge in [-0.2, -0.15) is 0 Å². The molecule has 0 radical (unpaired) electrons. The van der Waals surface area contributed by atoms with E-state index in [-0.39, 0.29) is 11.7 Å². The summed E-state index contributed by atoms with van der Waals surface area (Å²) in [6.45, 7) is 2.53. The lowest BCUT2D eigenvalue weighted by Crippen LogP contribution is -2.38. The Bertz CT molecular complexity index is 963. The summed E-state index contributed by atoms with van der Waals surface area (Å²) in [5.74, 6) is 1.89. The Labute approximate surface area is 159 Å². The van der Waals surface area contributed by atoms with Gasteiger partial charge in [0.2, 0.25) is 0 Å². The molecule has 5 nitrogen and oxygen atoms in total. The van der Waals surface area contributed by atoms with Crippen molar-refractivity contribution >= 4 is 16.8 Å². The third-order valence-electron chi connectivity index (χ3n) is 5.49. The largest absolute Gasteiger partial charge is 0.496 e. The van der Waals surface area contributed by atoms with Gasteiger partial charge in [-0.1, -0.05) is 24.3 Å². The van der Waals surface area contributed by atoms with Crippen LogP contribution in [0, 0.1) is 5.92 Å². The number of nitrogens with zero attached hydrogens (tertiary/aromatic N) is 3. The lowest BCUT2D eigenvalue weighted by Gasteiger charge is -2.31. The minimum absolute atomic E-state index is 0.00438. The molecule has 1 unspecified atom stereocenters. The van der Waals surface area contributed by atoms with Gasteiger partial charge in [-0.05, 0) is 43.7 Å². The quantitative estimate of drug-likeness (QED) is 0.649. The fourth-order valence-corrected chi connectivity index (χ4v) is 4.02. The maximum Gasteiger partial charge on any atom is 0.170 e. The zero-order valence-corrected chi connectivity index (χ0v) is 15.9. The smallest absolute Gasteiger partial charge is 0.170 e. The number of carbonyl (C=O) groups excluding carboxylic acids is 1. The van der Waals surface area contributed by atoms with Crippen LogP contribution in [-0.2, 0) is 13.6 Å². The van der Waals surface area contributed by atoms with E-state index in [4.69, 9.17) is 9.72 Å². The van der Waals surface area contributed by atoms with E-state index in [1.54, 1.807) is 7.11 Å². The minimum Gasteiger partial charge on any atom is -0.496 e. The van der Waals surface area contributed by atoms with Gasteiger partial charge in [-0.3, -0.25) is 9.69 Å². The molecule has 27 heavy (non-hydrogen) atoms. The SMILES string of the molecule is COc1ccccc1C(=O)C1CCCN(Cc2nc3ccccc3n2C)C1. The highest BCUT2D eigenvalue weighted by molar-refractivity contribution is 6.00. The minimum atomic E-state index is 0.00438. The van der Waals surface area contributed by atoms with Crippen LogP contribution in [0.4, 0.5) is 0 Å². The lowest BCUT2D eigenvalue weighted by molar-refractivity contribution is 0.0804. The molecule has 0 amide bonds. The highest BCUT2D eigenvalue weighted by Crippen LogP contribution is 2.27. The van der Waals surface area contributed by atoms with Crippen LogP contribution in [-0.4, -0.2) is 40.4 Å². The van der Waals surface area contributed by atoms with Crippen LogP contribution >= 0.6 is 0 Å². The number of likely N-dealkylation sites (tertiary alicyclic amines) is 1. The van der Waals surface area contributed by atoms with Gasteiger partial charge in [0.05, 0.1) is 30.3 Å².